The number of hydrogen-bond acceptors (Lipinski definition) is 3. The number of aliphatic carboxylic acids is 1. The van der Waals surface area contributed by atoms with Gasteiger partial charge in [0.25, 0.3) is 5.91 Å². The highest BCUT2D eigenvalue weighted by molar-refractivity contribution is 6.00. The number of amides is 1. The molecular weight excluding hydrogens is 526 g/mol. The predicted molar refractivity (Wildman–Crippen MR) is 143 cm³/mol. The highest BCUT2D eigenvalue weighted by atomic mass is 19.4. The van der Waals surface area contributed by atoms with Crippen LogP contribution < -0.4 is 5.32 Å². The molecule has 0 spiro atoms. The summed E-state index contributed by atoms with van der Waals surface area (Å²) in [5.41, 5.74) is 2.56. The number of carboxylic acid groups (broad SMARTS) is 1. The van der Waals surface area contributed by atoms with Crippen molar-refractivity contribution in [1.82, 2.24) is 5.32 Å². The number of carbonyl (C=O) groups excluding carboxylic acids is 1. The number of aromatic hydroxyl groups is 1. The third-order valence-electron chi connectivity index (χ3n) is 6.83. The summed E-state index contributed by atoms with van der Waals surface area (Å²) in [5, 5.41) is 22.6. The lowest BCUT2D eigenvalue weighted by Gasteiger charge is -2.17. The van der Waals surface area contributed by atoms with Crippen molar-refractivity contribution >= 4 is 17.4 Å². The molecule has 0 saturated heterocycles. The Morgan fingerprint density at radius 1 is 0.950 bits per heavy atom. The van der Waals surface area contributed by atoms with E-state index in [0.29, 0.717) is 47.1 Å². The Morgan fingerprint density at radius 3 is 2.38 bits per heavy atom. The Balaban J connectivity index is 1.52. The lowest BCUT2D eigenvalue weighted by atomic mass is 9.98. The second-order valence-corrected chi connectivity index (χ2v) is 9.71. The number of alkyl halides is 3. The van der Waals surface area contributed by atoms with Crippen molar-refractivity contribution < 1.29 is 37.4 Å². The van der Waals surface area contributed by atoms with E-state index in [2.05, 4.69) is 5.32 Å². The summed E-state index contributed by atoms with van der Waals surface area (Å²) >= 11 is 0. The van der Waals surface area contributed by atoms with Gasteiger partial charge < -0.3 is 15.5 Å². The molecule has 9 heteroatoms. The van der Waals surface area contributed by atoms with Gasteiger partial charge in [-0.1, -0.05) is 42.0 Å². The number of rotatable bonds is 7. The quantitative estimate of drug-likeness (QED) is 0.268. The van der Waals surface area contributed by atoms with Crippen LogP contribution in [0.3, 0.4) is 0 Å². The van der Waals surface area contributed by atoms with Crippen molar-refractivity contribution in [2.24, 2.45) is 0 Å². The number of halogens is 4. The van der Waals surface area contributed by atoms with E-state index in [1.54, 1.807) is 37.3 Å². The molecule has 0 saturated carbocycles. The Morgan fingerprint density at radius 2 is 1.68 bits per heavy atom. The fourth-order valence-corrected chi connectivity index (χ4v) is 4.62. The van der Waals surface area contributed by atoms with E-state index >= 15 is 0 Å². The first-order valence-corrected chi connectivity index (χ1v) is 12.6. The fraction of sp³-hybridized carbons (Fsp3) is 0.226. The van der Waals surface area contributed by atoms with E-state index in [1.165, 1.54) is 30.3 Å². The minimum atomic E-state index is -4.46. The van der Waals surface area contributed by atoms with Gasteiger partial charge >= 0.3 is 12.1 Å². The van der Waals surface area contributed by atoms with Crippen molar-refractivity contribution in [2.75, 3.05) is 0 Å². The van der Waals surface area contributed by atoms with Crippen molar-refractivity contribution in [2.45, 2.75) is 44.8 Å². The van der Waals surface area contributed by atoms with Crippen LogP contribution in [-0.2, 0) is 11.0 Å². The Bertz CT molecular complexity index is 1510. The summed E-state index contributed by atoms with van der Waals surface area (Å²) < 4.78 is 53.1. The van der Waals surface area contributed by atoms with Crippen LogP contribution >= 0.6 is 0 Å². The minimum absolute atomic E-state index is 0.0228. The van der Waals surface area contributed by atoms with E-state index in [4.69, 9.17) is 0 Å². The van der Waals surface area contributed by atoms with Gasteiger partial charge in [0.15, 0.2) is 0 Å². The van der Waals surface area contributed by atoms with E-state index < -0.39 is 29.7 Å². The lowest BCUT2D eigenvalue weighted by Crippen LogP contribution is -2.41. The first-order chi connectivity index (χ1) is 18.9. The normalized spacial score (nSPS) is 14.5. The molecule has 1 aliphatic rings. The van der Waals surface area contributed by atoms with Gasteiger partial charge in [-0.25, -0.2) is 9.18 Å². The highest BCUT2D eigenvalue weighted by Crippen LogP contribution is 2.34. The van der Waals surface area contributed by atoms with Crippen molar-refractivity contribution in [1.29, 1.82) is 0 Å². The Kier molecular flexibility index (Phi) is 8.42. The maximum atomic E-state index is 13.7. The molecule has 3 aromatic carbocycles. The number of aryl methyl sites for hydroxylation is 1. The molecule has 0 bridgehead atoms. The molecule has 1 aliphatic carbocycles. The maximum Gasteiger partial charge on any atom is 0.416 e. The molecule has 1 unspecified atom stereocenters. The third-order valence-corrected chi connectivity index (χ3v) is 6.83. The van der Waals surface area contributed by atoms with Gasteiger partial charge in [0.1, 0.15) is 17.6 Å². The summed E-state index contributed by atoms with van der Waals surface area (Å²) in [4.78, 5) is 25.1. The number of benzene rings is 3. The van der Waals surface area contributed by atoms with Crippen molar-refractivity contribution in [3.05, 3.63) is 106 Å². The number of allylic oxidation sites excluding steroid dienone is 3. The Hall–Kier alpha value is -4.40. The molecule has 0 fully saturated rings. The molecule has 0 aliphatic heterocycles. The highest BCUT2D eigenvalue weighted by Gasteiger charge is 2.30. The zero-order chi connectivity index (χ0) is 29.0. The average molecular weight is 554 g/mol. The topological polar surface area (TPSA) is 86.6 Å². The Labute approximate surface area is 228 Å². The SMILES string of the molecule is Cc1cc(-c2ccc(O)c(C(=O)NC(CC3=CC=C(c4cccc(C(F)(F)F)c4)CCC3)C(=O)O)c2)ccc1F. The van der Waals surface area contributed by atoms with Crippen molar-refractivity contribution in [3.8, 4) is 16.9 Å². The molecule has 0 radical (unpaired) electrons. The smallest absolute Gasteiger partial charge is 0.416 e. The molecule has 3 aromatic rings. The van der Waals surface area contributed by atoms with Gasteiger partial charge in [0.2, 0.25) is 0 Å². The van der Waals surface area contributed by atoms with E-state index in [9.17, 15) is 37.4 Å². The number of nitrogens with one attached hydrogen (secondary N) is 1. The number of phenols is 1. The van der Waals surface area contributed by atoms with Crippen LogP contribution in [0.25, 0.3) is 16.7 Å². The minimum Gasteiger partial charge on any atom is -0.507 e. The van der Waals surface area contributed by atoms with Crippen LogP contribution in [0.2, 0.25) is 0 Å². The second-order valence-electron chi connectivity index (χ2n) is 9.71. The van der Waals surface area contributed by atoms with Crippen molar-refractivity contribution in [3.63, 3.8) is 0 Å². The molecule has 1 amide bonds. The number of hydrogen-bond donors (Lipinski definition) is 3. The van der Waals surface area contributed by atoms with Gasteiger partial charge in [-0.3, -0.25) is 4.79 Å². The third kappa shape index (κ3) is 6.77. The monoisotopic (exact) mass is 553 g/mol. The van der Waals surface area contributed by atoms with Gasteiger partial charge in [-0.05, 0) is 96.8 Å². The first kappa shape index (κ1) is 28.6. The summed E-state index contributed by atoms with van der Waals surface area (Å²) in [7, 11) is 0. The van der Waals surface area contributed by atoms with Crippen LogP contribution in [0.4, 0.5) is 17.6 Å². The zero-order valence-corrected chi connectivity index (χ0v) is 21.6. The summed E-state index contributed by atoms with van der Waals surface area (Å²) in [6.45, 7) is 1.60. The second kappa shape index (κ2) is 11.8. The van der Waals surface area contributed by atoms with E-state index in [0.717, 1.165) is 17.7 Å². The van der Waals surface area contributed by atoms with Gasteiger partial charge in [-0.15, -0.1) is 0 Å². The van der Waals surface area contributed by atoms with Crippen LogP contribution in [0, 0.1) is 12.7 Å². The average Bonchev–Trinajstić information content (AvgIpc) is 3.15. The first-order valence-electron chi connectivity index (χ1n) is 12.6. The number of phenolic OH excluding ortho intramolecular Hbond substituents is 1. The summed E-state index contributed by atoms with van der Waals surface area (Å²) in [6.07, 6.45) is 0.511. The molecule has 0 aromatic heterocycles. The van der Waals surface area contributed by atoms with Crippen LogP contribution in [-0.4, -0.2) is 28.1 Å². The predicted octanol–water partition coefficient (Wildman–Crippen LogP) is 7.29. The molecule has 4 rings (SSSR count). The zero-order valence-electron chi connectivity index (χ0n) is 21.6. The molecular formula is C31H27F4NO4. The summed E-state index contributed by atoms with van der Waals surface area (Å²) in [6, 6.07) is 12.5. The van der Waals surface area contributed by atoms with Crippen LogP contribution in [0.15, 0.2) is 78.4 Å². The number of carboxylic acids is 1. The molecule has 40 heavy (non-hydrogen) atoms. The van der Waals surface area contributed by atoms with Gasteiger partial charge in [0.05, 0.1) is 11.1 Å². The van der Waals surface area contributed by atoms with Crippen LogP contribution in [0.5, 0.6) is 5.75 Å². The fourth-order valence-electron chi connectivity index (χ4n) is 4.62. The van der Waals surface area contributed by atoms with E-state index in [1.807, 2.05) is 0 Å². The van der Waals surface area contributed by atoms with Crippen LogP contribution in [0.1, 0.15) is 52.7 Å². The standard InChI is InChI=1S/C31H27F4NO4/c1-18-14-22(10-12-26(18)32)23-11-13-28(37)25(17-23)29(38)36-27(30(39)40)15-19-4-2-5-20(9-8-19)21-6-3-7-24(16-21)31(33,34)35/h3,6-14,16-17,27,37H,2,4-5,15H2,1H3,(H,36,38)(H,39,40). The maximum absolute atomic E-state index is 13.7. The van der Waals surface area contributed by atoms with Gasteiger partial charge in [0, 0.05) is 0 Å². The molecule has 0 heterocycles. The van der Waals surface area contributed by atoms with E-state index in [-0.39, 0.29) is 23.6 Å². The largest absolute Gasteiger partial charge is 0.507 e. The molecule has 1 atom stereocenters. The van der Waals surface area contributed by atoms with Gasteiger partial charge in [-0.2, -0.15) is 13.2 Å². The lowest BCUT2D eigenvalue weighted by molar-refractivity contribution is -0.139. The molecule has 208 valence electrons. The molecule has 5 nitrogen and oxygen atoms in total. The number of carbonyl (C=O) groups is 2. The molecule has 3 N–H and O–H groups in total. The summed E-state index contributed by atoms with van der Waals surface area (Å²) in [5.74, 6) is -2.79.